The first-order valence-corrected chi connectivity index (χ1v) is 3.87. The molecule has 0 spiro atoms. The molecular weight excluding hydrogens is 135 g/mol. The van der Waals surface area contributed by atoms with Crippen LogP contribution in [0, 0.1) is 6.92 Å². The van der Waals surface area contributed by atoms with Crippen molar-refractivity contribution in [1.29, 1.82) is 0 Å². The molecule has 0 heterocycles. The molecule has 0 amide bonds. The van der Waals surface area contributed by atoms with Gasteiger partial charge in [0.1, 0.15) is 7.85 Å². The van der Waals surface area contributed by atoms with Crippen LogP contribution in [0.2, 0.25) is 0 Å². The molecule has 1 aromatic carbocycles. The molecule has 1 atom stereocenters. The van der Waals surface area contributed by atoms with Gasteiger partial charge in [0.25, 0.3) is 0 Å². The standard InChI is InChI=1S/C9H13BO/c1-6-4-3-5-8(7(2)11)9(6)10/h3-5,7,11H,10H2,1-2H3/t7-/m1/s1. The Morgan fingerprint density at radius 3 is 2.55 bits per heavy atom. The van der Waals surface area contributed by atoms with Crippen LogP contribution in [-0.4, -0.2) is 13.0 Å². The second-order valence-electron chi connectivity index (χ2n) is 2.97. The molecule has 0 aliphatic heterocycles. The number of aryl methyl sites for hydroxylation is 1. The van der Waals surface area contributed by atoms with E-state index in [0.717, 1.165) is 5.56 Å². The van der Waals surface area contributed by atoms with E-state index >= 15 is 0 Å². The van der Waals surface area contributed by atoms with Crippen LogP contribution in [-0.2, 0) is 0 Å². The number of benzene rings is 1. The quantitative estimate of drug-likeness (QED) is 0.568. The van der Waals surface area contributed by atoms with E-state index in [1.807, 2.05) is 20.0 Å². The molecule has 0 aliphatic rings. The lowest BCUT2D eigenvalue weighted by Crippen LogP contribution is -2.15. The second-order valence-corrected chi connectivity index (χ2v) is 2.97. The van der Waals surface area contributed by atoms with E-state index in [1.165, 1.54) is 11.0 Å². The Hall–Kier alpha value is -0.755. The van der Waals surface area contributed by atoms with Crippen LogP contribution in [0.25, 0.3) is 0 Å². The summed E-state index contributed by atoms with van der Waals surface area (Å²) in [4.78, 5) is 0. The lowest BCUT2D eigenvalue weighted by Gasteiger charge is -2.10. The maximum absolute atomic E-state index is 9.33. The van der Waals surface area contributed by atoms with Crippen LogP contribution in [0.1, 0.15) is 24.2 Å². The third kappa shape index (κ3) is 1.63. The largest absolute Gasteiger partial charge is 0.389 e. The lowest BCUT2D eigenvalue weighted by atomic mass is 9.85. The zero-order valence-electron chi connectivity index (χ0n) is 7.26. The molecule has 0 aliphatic carbocycles. The fraction of sp³-hybridized carbons (Fsp3) is 0.333. The average molecular weight is 148 g/mol. The van der Waals surface area contributed by atoms with Gasteiger partial charge in [-0.15, -0.1) is 0 Å². The van der Waals surface area contributed by atoms with Gasteiger partial charge in [0.2, 0.25) is 0 Å². The number of rotatable bonds is 1. The normalized spacial score (nSPS) is 13.0. The van der Waals surface area contributed by atoms with Crippen molar-refractivity contribution >= 4 is 13.3 Å². The van der Waals surface area contributed by atoms with Gasteiger partial charge in [-0.2, -0.15) is 0 Å². The summed E-state index contributed by atoms with van der Waals surface area (Å²) in [5, 5.41) is 9.33. The van der Waals surface area contributed by atoms with Crippen molar-refractivity contribution in [2.45, 2.75) is 20.0 Å². The number of aliphatic hydroxyl groups excluding tert-OH is 1. The molecule has 0 bridgehead atoms. The molecule has 1 nitrogen and oxygen atoms in total. The highest BCUT2D eigenvalue weighted by Crippen LogP contribution is 2.09. The van der Waals surface area contributed by atoms with E-state index in [9.17, 15) is 5.11 Å². The first-order valence-electron chi connectivity index (χ1n) is 3.87. The number of hydrogen-bond acceptors (Lipinski definition) is 1. The second kappa shape index (κ2) is 3.10. The smallest absolute Gasteiger partial charge is 0.140 e. The summed E-state index contributed by atoms with van der Waals surface area (Å²) in [5.41, 5.74) is 3.47. The molecule has 58 valence electrons. The Bertz CT molecular complexity index is 256. The van der Waals surface area contributed by atoms with E-state index in [0.29, 0.717) is 0 Å². The molecule has 0 radical (unpaired) electrons. The zero-order chi connectivity index (χ0) is 8.43. The summed E-state index contributed by atoms with van der Waals surface area (Å²) < 4.78 is 0. The fourth-order valence-electron chi connectivity index (χ4n) is 1.23. The highest BCUT2D eigenvalue weighted by atomic mass is 16.3. The Morgan fingerprint density at radius 2 is 2.09 bits per heavy atom. The molecule has 1 rings (SSSR count). The third-order valence-electron chi connectivity index (χ3n) is 2.10. The highest BCUT2D eigenvalue weighted by molar-refractivity contribution is 6.34. The van der Waals surface area contributed by atoms with Gasteiger partial charge in [0.15, 0.2) is 0 Å². The maximum Gasteiger partial charge on any atom is 0.140 e. The van der Waals surface area contributed by atoms with Crippen LogP contribution in [0.3, 0.4) is 0 Å². The molecular formula is C9H13BO. The van der Waals surface area contributed by atoms with Gasteiger partial charge >= 0.3 is 0 Å². The van der Waals surface area contributed by atoms with Crippen molar-refractivity contribution in [2.75, 3.05) is 0 Å². The van der Waals surface area contributed by atoms with Crippen molar-refractivity contribution in [3.05, 3.63) is 29.3 Å². The minimum absolute atomic E-state index is 0.352. The van der Waals surface area contributed by atoms with Crippen LogP contribution < -0.4 is 5.46 Å². The molecule has 1 aromatic rings. The monoisotopic (exact) mass is 148 g/mol. The summed E-state index contributed by atoms with van der Waals surface area (Å²) in [6.07, 6.45) is -0.352. The Balaban J connectivity index is 3.17. The van der Waals surface area contributed by atoms with Gasteiger partial charge in [-0.25, -0.2) is 0 Å². The topological polar surface area (TPSA) is 20.2 Å². The summed E-state index contributed by atoms with van der Waals surface area (Å²) in [6, 6.07) is 6.00. The lowest BCUT2D eigenvalue weighted by molar-refractivity contribution is 0.200. The Kier molecular flexibility index (Phi) is 2.35. The van der Waals surface area contributed by atoms with Crippen molar-refractivity contribution in [3.63, 3.8) is 0 Å². The van der Waals surface area contributed by atoms with Crippen LogP contribution in [0.4, 0.5) is 0 Å². The molecule has 2 heteroatoms. The van der Waals surface area contributed by atoms with Crippen molar-refractivity contribution < 1.29 is 5.11 Å². The molecule has 11 heavy (non-hydrogen) atoms. The summed E-state index contributed by atoms with van der Waals surface area (Å²) in [7, 11) is 2.04. The summed E-state index contributed by atoms with van der Waals surface area (Å²) in [5.74, 6) is 0. The highest BCUT2D eigenvalue weighted by Gasteiger charge is 2.04. The van der Waals surface area contributed by atoms with Gasteiger partial charge in [-0.3, -0.25) is 0 Å². The van der Waals surface area contributed by atoms with E-state index in [4.69, 9.17) is 0 Å². The molecule has 1 N–H and O–H groups in total. The van der Waals surface area contributed by atoms with Gasteiger partial charge < -0.3 is 5.11 Å². The van der Waals surface area contributed by atoms with Gasteiger partial charge in [-0.05, 0) is 19.4 Å². The van der Waals surface area contributed by atoms with Gasteiger partial charge in [0, 0.05) is 0 Å². The molecule has 0 saturated heterocycles. The van der Waals surface area contributed by atoms with Gasteiger partial charge in [0.05, 0.1) is 6.10 Å². The van der Waals surface area contributed by atoms with Gasteiger partial charge in [-0.1, -0.05) is 29.2 Å². The van der Waals surface area contributed by atoms with E-state index in [2.05, 4.69) is 13.0 Å². The SMILES string of the molecule is Bc1c(C)cccc1[C@@H](C)O. The van der Waals surface area contributed by atoms with E-state index in [-0.39, 0.29) is 6.10 Å². The van der Waals surface area contributed by atoms with E-state index in [1.54, 1.807) is 6.92 Å². The third-order valence-corrected chi connectivity index (χ3v) is 2.10. The summed E-state index contributed by atoms with van der Waals surface area (Å²) >= 11 is 0. The minimum atomic E-state index is -0.352. The van der Waals surface area contributed by atoms with Crippen molar-refractivity contribution in [2.24, 2.45) is 0 Å². The van der Waals surface area contributed by atoms with E-state index < -0.39 is 0 Å². The van der Waals surface area contributed by atoms with Crippen molar-refractivity contribution in [3.8, 4) is 0 Å². The zero-order valence-corrected chi connectivity index (χ0v) is 7.26. The maximum atomic E-state index is 9.33. The Labute approximate surface area is 68.5 Å². The summed E-state index contributed by atoms with van der Waals surface area (Å²) in [6.45, 7) is 3.85. The fourth-order valence-corrected chi connectivity index (χ4v) is 1.23. The predicted octanol–water partition coefficient (Wildman–Crippen LogP) is 0.307. The Morgan fingerprint density at radius 1 is 1.45 bits per heavy atom. The molecule has 0 saturated carbocycles. The number of aliphatic hydroxyl groups is 1. The minimum Gasteiger partial charge on any atom is -0.389 e. The first kappa shape index (κ1) is 8.34. The molecule has 0 unspecified atom stereocenters. The average Bonchev–Trinajstić information content (AvgIpc) is 1.94. The first-order chi connectivity index (χ1) is 5.13. The van der Waals surface area contributed by atoms with Crippen LogP contribution in [0.15, 0.2) is 18.2 Å². The van der Waals surface area contributed by atoms with Crippen molar-refractivity contribution in [1.82, 2.24) is 0 Å². The molecule has 0 fully saturated rings. The van der Waals surface area contributed by atoms with Crippen LogP contribution in [0.5, 0.6) is 0 Å². The number of hydrogen-bond donors (Lipinski definition) is 1. The van der Waals surface area contributed by atoms with Crippen LogP contribution >= 0.6 is 0 Å². The predicted molar refractivity (Wildman–Crippen MR) is 50.0 cm³/mol. The molecule has 0 aromatic heterocycles.